The number of benzene rings is 3. The topological polar surface area (TPSA) is 58.6 Å². The normalized spacial score (nSPS) is 13.7. The minimum atomic E-state index is -0.693. The van der Waals surface area contributed by atoms with Gasteiger partial charge in [0.1, 0.15) is 11.8 Å². The van der Waals surface area contributed by atoms with Crippen LogP contribution in [0.15, 0.2) is 78.9 Å². The van der Waals surface area contributed by atoms with Crippen LogP contribution in [0.3, 0.4) is 0 Å². The zero-order valence-electron chi connectivity index (χ0n) is 16.2. The first-order chi connectivity index (χ1) is 14.2. The average Bonchev–Trinajstić information content (AvgIpc) is 3.10. The number of nitrogens with zero attached hydrogens (tertiary/aromatic N) is 1. The molecule has 0 fully saturated rings. The van der Waals surface area contributed by atoms with E-state index in [-0.39, 0.29) is 11.8 Å². The van der Waals surface area contributed by atoms with Gasteiger partial charge in [-0.2, -0.15) is 0 Å². The molecule has 0 bridgehead atoms. The summed E-state index contributed by atoms with van der Waals surface area (Å²) in [7, 11) is 1.61. The predicted molar refractivity (Wildman–Crippen MR) is 110 cm³/mol. The minimum absolute atomic E-state index is 0.119. The molecule has 0 radical (unpaired) electrons. The molecule has 3 aromatic carbocycles. The molecule has 4 rings (SSSR count). The van der Waals surface area contributed by atoms with E-state index in [9.17, 15) is 9.59 Å². The van der Waals surface area contributed by atoms with E-state index in [2.05, 4.69) is 5.32 Å². The zero-order valence-corrected chi connectivity index (χ0v) is 16.2. The van der Waals surface area contributed by atoms with Crippen molar-refractivity contribution in [2.24, 2.45) is 0 Å². The Bertz CT molecular complexity index is 1030. The number of carbonyl (C=O) groups is 2. The van der Waals surface area contributed by atoms with E-state index < -0.39 is 6.04 Å². The average molecular weight is 386 g/mol. The molecule has 3 aromatic rings. The molecule has 0 saturated heterocycles. The summed E-state index contributed by atoms with van der Waals surface area (Å²) in [4.78, 5) is 27.9. The molecular formula is C24H22N2O3. The molecule has 0 aliphatic carbocycles. The molecule has 5 heteroatoms. The van der Waals surface area contributed by atoms with E-state index >= 15 is 0 Å². The van der Waals surface area contributed by atoms with Gasteiger partial charge in [-0.25, -0.2) is 0 Å². The summed E-state index contributed by atoms with van der Waals surface area (Å²) in [5, 5.41) is 2.98. The van der Waals surface area contributed by atoms with Crippen LogP contribution in [-0.4, -0.2) is 23.8 Å². The quantitative estimate of drug-likeness (QED) is 0.703. The highest BCUT2D eigenvalue weighted by Crippen LogP contribution is 2.31. The lowest BCUT2D eigenvalue weighted by molar-refractivity contribution is -0.126. The smallest absolute Gasteiger partial charge is 0.255 e. The Morgan fingerprint density at radius 1 is 1.03 bits per heavy atom. The Morgan fingerprint density at radius 3 is 2.55 bits per heavy atom. The number of ether oxygens (including phenoxy) is 1. The molecule has 1 N–H and O–H groups in total. The Hall–Kier alpha value is -3.60. The first-order valence-corrected chi connectivity index (χ1v) is 9.52. The van der Waals surface area contributed by atoms with Gasteiger partial charge < -0.3 is 15.0 Å². The SMILES string of the molecule is COc1cccc(CNC(=O)[C@H](c2ccccc2)N2Cc3ccccc3C2=O)c1. The predicted octanol–water partition coefficient (Wildman–Crippen LogP) is 3.71. The lowest BCUT2D eigenvalue weighted by Gasteiger charge is -2.27. The molecule has 1 atom stereocenters. The number of carbonyl (C=O) groups excluding carboxylic acids is 2. The van der Waals surface area contributed by atoms with Gasteiger partial charge >= 0.3 is 0 Å². The summed E-state index contributed by atoms with van der Waals surface area (Å²) in [6.07, 6.45) is 0. The number of amides is 2. The van der Waals surface area contributed by atoms with Gasteiger partial charge in [0.25, 0.3) is 5.91 Å². The molecule has 5 nitrogen and oxygen atoms in total. The Balaban J connectivity index is 1.58. The lowest BCUT2D eigenvalue weighted by Crippen LogP contribution is -2.40. The van der Waals surface area contributed by atoms with Crippen LogP contribution >= 0.6 is 0 Å². The van der Waals surface area contributed by atoms with E-state index in [1.807, 2.05) is 78.9 Å². The maximum atomic E-state index is 13.2. The summed E-state index contributed by atoms with van der Waals surface area (Å²) < 4.78 is 5.24. The number of hydrogen-bond donors (Lipinski definition) is 1. The van der Waals surface area contributed by atoms with Crippen molar-refractivity contribution in [3.63, 3.8) is 0 Å². The number of rotatable bonds is 6. The molecule has 1 aliphatic heterocycles. The Morgan fingerprint density at radius 2 is 1.79 bits per heavy atom. The van der Waals surface area contributed by atoms with Crippen molar-refractivity contribution in [1.29, 1.82) is 0 Å². The maximum absolute atomic E-state index is 13.2. The highest BCUT2D eigenvalue weighted by molar-refractivity contribution is 6.01. The van der Waals surface area contributed by atoms with Crippen LogP contribution in [0, 0.1) is 0 Å². The molecule has 0 spiro atoms. The third kappa shape index (κ3) is 3.85. The van der Waals surface area contributed by atoms with E-state index in [4.69, 9.17) is 4.74 Å². The summed E-state index contributed by atoms with van der Waals surface area (Å²) >= 11 is 0. The second kappa shape index (κ2) is 8.19. The van der Waals surface area contributed by atoms with Crippen molar-refractivity contribution in [2.75, 3.05) is 7.11 Å². The second-order valence-electron chi connectivity index (χ2n) is 6.97. The van der Waals surface area contributed by atoms with Gasteiger partial charge in [-0.3, -0.25) is 9.59 Å². The molecule has 0 unspecified atom stereocenters. The van der Waals surface area contributed by atoms with Gasteiger partial charge in [-0.05, 0) is 34.9 Å². The monoisotopic (exact) mass is 386 g/mol. The van der Waals surface area contributed by atoms with Crippen molar-refractivity contribution in [2.45, 2.75) is 19.1 Å². The van der Waals surface area contributed by atoms with Crippen LogP contribution in [0.25, 0.3) is 0 Å². The molecule has 1 heterocycles. The largest absolute Gasteiger partial charge is 0.497 e. The Kier molecular flexibility index (Phi) is 5.29. The summed E-state index contributed by atoms with van der Waals surface area (Å²) in [5.74, 6) is 0.410. The van der Waals surface area contributed by atoms with E-state index in [0.29, 0.717) is 18.7 Å². The minimum Gasteiger partial charge on any atom is -0.497 e. The highest BCUT2D eigenvalue weighted by Gasteiger charge is 2.37. The van der Waals surface area contributed by atoms with Crippen LogP contribution in [0.5, 0.6) is 5.75 Å². The standard InChI is InChI=1S/C24H22N2O3/c1-29-20-12-7-8-17(14-20)15-25-23(27)22(18-9-3-2-4-10-18)26-16-19-11-5-6-13-21(19)24(26)28/h2-14,22H,15-16H2,1H3,(H,25,27)/t22-/m0/s1. The van der Waals surface area contributed by atoms with Gasteiger partial charge in [0.05, 0.1) is 7.11 Å². The second-order valence-corrected chi connectivity index (χ2v) is 6.97. The first kappa shape index (κ1) is 18.7. The van der Waals surface area contributed by atoms with Crippen LogP contribution < -0.4 is 10.1 Å². The fourth-order valence-corrected chi connectivity index (χ4v) is 3.66. The van der Waals surface area contributed by atoms with E-state index in [1.54, 1.807) is 12.0 Å². The van der Waals surface area contributed by atoms with Crippen molar-refractivity contribution >= 4 is 11.8 Å². The maximum Gasteiger partial charge on any atom is 0.255 e. The van der Waals surface area contributed by atoms with Gasteiger partial charge in [0.2, 0.25) is 5.91 Å². The van der Waals surface area contributed by atoms with Crippen molar-refractivity contribution < 1.29 is 14.3 Å². The van der Waals surface area contributed by atoms with Crippen LogP contribution in [-0.2, 0) is 17.9 Å². The fourth-order valence-electron chi connectivity index (χ4n) is 3.66. The third-order valence-electron chi connectivity index (χ3n) is 5.13. The molecule has 0 saturated carbocycles. The number of hydrogen-bond acceptors (Lipinski definition) is 3. The zero-order chi connectivity index (χ0) is 20.2. The molecule has 0 aromatic heterocycles. The van der Waals surface area contributed by atoms with Crippen LogP contribution in [0.2, 0.25) is 0 Å². The van der Waals surface area contributed by atoms with Crippen LogP contribution in [0.4, 0.5) is 0 Å². The number of fused-ring (bicyclic) bond motifs is 1. The molecule has 146 valence electrons. The van der Waals surface area contributed by atoms with E-state index in [0.717, 1.165) is 22.4 Å². The van der Waals surface area contributed by atoms with E-state index in [1.165, 1.54) is 0 Å². The summed E-state index contributed by atoms with van der Waals surface area (Å²) in [6.45, 7) is 0.773. The third-order valence-corrected chi connectivity index (χ3v) is 5.13. The highest BCUT2D eigenvalue weighted by atomic mass is 16.5. The van der Waals surface area contributed by atoms with Crippen molar-refractivity contribution in [1.82, 2.24) is 10.2 Å². The van der Waals surface area contributed by atoms with Crippen molar-refractivity contribution in [3.05, 3.63) is 101 Å². The molecular weight excluding hydrogens is 364 g/mol. The van der Waals surface area contributed by atoms with Crippen molar-refractivity contribution in [3.8, 4) is 5.75 Å². The first-order valence-electron chi connectivity index (χ1n) is 9.52. The molecule has 2 amide bonds. The lowest BCUT2D eigenvalue weighted by atomic mass is 10.0. The molecule has 29 heavy (non-hydrogen) atoms. The van der Waals surface area contributed by atoms with Gasteiger partial charge in [-0.1, -0.05) is 60.7 Å². The fraction of sp³-hybridized carbons (Fsp3) is 0.167. The number of nitrogens with one attached hydrogen (secondary N) is 1. The van der Waals surface area contributed by atoms with Gasteiger partial charge in [0, 0.05) is 18.7 Å². The van der Waals surface area contributed by atoms with Gasteiger partial charge in [-0.15, -0.1) is 0 Å². The van der Waals surface area contributed by atoms with Gasteiger partial charge in [0.15, 0.2) is 0 Å². The number of methoxy groups -OCH3 is 1. The summed E-state index contributed by atoms with van der Waals surface area (Å²) in [6, 6.07) is 23.8. The van der Waals surface area contributed by atoms with Crippen LogP contribution in [0.1, 0.15) is 33.1 Å². The Labute approximate surface area is 169 Å². The summed E-state index contributed by atoms with van der Waals surface area (Å²) in [5.41, 5.74) is 3.32. The molecule has 1 aliphatic rings.